The highest BCUT2D eigenvalue weighted by Gasteiger charge is 2.20. The topological polar surface area (TPSA) is 120 Å². The highest BCUT2D eigenvalue weighted by atomic mass is 35.5. The summed E-state index contributed by atoms with van der Waals surface area (Å²) < 4.78 is 39.0. The quantitative estimate of drug-likeness (QED) is 0.453. The van der Waals surface area contributed by atoms with Crippen molar-refractivity contribution in [3.05, 3.63) is 70.2 Å². The number of carbonyl (C=O) groups is 1. The Morgan fingerprint density at radius 2 is 1.59 bits per heavy atom. The van der Waals surface area contributed by atoms with Crippen molar-refractivity contribution in [1.29, 1.82) is 0 Å². The first-order chi connectivity index (χ1) is 15.2. The van der Waals surface area contributed by atoms with Crippen molar-refractivity contribution < 1.29 is 22.7 Å². The van der Waals surface area contributed by atoms with Gasteiger partial charge in [0.05, 0.1) is 20.6 Å². The lowest BCUT2D eigenvalue weighted by atomic mass is 10.2. The van der Waals surface area contributed by atoms with E-state index in [2.05, 4.69) is 10.0 Å². The molecule has 0 unspecified atom stereocenters. The molecular weight excluding hydrogens is 477 g/mol. The molecule has 1 aliphatic heterocycles. The maximum absolute atomic E-state index is 12.8. The van der Waals surface area contributed by atoms with Gasteiger partial charge in [-0.3, -0.25) is 9.52 Å². The lowest BCUT2D eigenvalue weighted by Crippen LogP contribution is -2.17. The van der Waals surface area contributed by atoms with Crippen molar-refractivity contribution >= 4 is 56.2 Å². The number of nitrogens with one attached hydrogen (secondary N) is 2. The second kappa shape index (κ2) is 8.78. The number of ether oxygens (including phenoxy) is 2. The normalized spacial score (nSPS) is 12.8. The van der Waals surface area contributed by atoms with Gasteiger partial charge in [-0.25, -0.2) is 8.42 Å². The molecule has 0 saturated heterocycles. The smallest absolute Gasteiger partial charge is 0.262 e. The Morgan fingerprint density at radius 1 is 0.906 bits per heavy atom. The third kappa shape index (κ3) is 4.69. The maximum Gasteiger partial charge on any atom is 0.262 e. The van der Waals surface area contributed by atoms with Gasteiger partial charge in [0.25, 0.3) is 15.9 Å². The van der Waals surface area contributed by atoms with Crippen LogP contribution in [0.4, 0.5) is 17.1 Å². The molecule has 0 aliphatic carbocycles. The van der Waals surface area contributed by atoms with E-state index in [-0.39, 0.29) is 31.9 Å². The van der Waals surface area contributed by atoms with Crippen molar-refractivity contribution in [3.8, 4) is 11.5 Å². The summed E-state index contributed by atoms with van der Waals surface area (Å²) in [4.78, 5) is 12.6. The van der Waals surface area contributed by atoms with E-state index >= 15 is 0 Å². The van der Waals surface area contributed by atoms with Crippen molar-refractivity contribution in [2.24, 2.45) is 0 Å². The van der Waals surface area contributed by atoms with Crippen LogP contribution < -0.4 is 25.2 Å². The van der Waals surface area contributed by atoms with E-state index in [4.69, 9.17) is 38.4 Å². The van der Waals surface area contributed by atoms with Crippen LogP contribution in [0, 0.1) is 0 Å². The van der Waals surface area contributed by atoms with Gasteiger partial charge in [0, 0.05) is 23.0 Å². The van der Waals surface area contributed by atoms with Crippen LogP contribution in [0.25, 0.3) is 0 Å². The average Bonchev–Trinajstić information content (AvgIpc) is 2.77. The summed E-state index contributed by atoms with van der Waals surface area (Å²) in [7, 11) is -3.93. The number of rotatable bonds is 5. The summed E-state index contributed by atoms with van der Waals surface area (Å²) in [6.45, 7) is 0.743. The Hall–Kier alpha value is -3.14. The van der Waals surface area contributed by atoms with Crippen LogP contribution in [0.5, 0.6) is 11.5 Å². The lowest BCUT2D eigenvalue weighted by molar-refractivity contribution is 0.102. The number of benzene rings is 3. The summed E-state index contributed by atoms with van der Waals surface area (Å²) in [5.41, 5.74) is 6.69. The van der Waals surface area contributed by atoms with E-state index in [9.17, 15) is 13.2 Å². The molecule has 3 aromatic rings. The molecule has 0 radical (unpaired) electrons. The largest absolute Gasteiger partial charge is 0.486 e. The van der Waals surface area contributed by atoms with Crippen LogP contribution in [0.2, 0.25) is 10.0 Å². The van der Waals surface area contributed by atoms with E-state index in [1.54, 1.807) is 6.07 Å². The third-order valence-electron chi connectivity index (χ3n) is 4.54. The number of sulfonamides is 1. The summed E-state index contributed by atoms with van der Waals surface area (Å²) in [6, 6.07) is 13.3. The molecule has 0 bridgehead atoms. The van der Waals surface area contributed by atoms with Gasteiger partial charge in [0.1, 0.15) is 13.2 Å². The molecule has 0 fully saturated rings. The van der Waals surface area contributed by atoms with Crippen LogP contribution in [0.15, 0.2) is 59.5 Å². The van der Waals surface area contributed by atoms with Gasteiger partial charge < -0.3 is 20.5 Å². The van der Waals surface area contributed by atoms with Gasteiger partial charge >= 0.3 is 0 Å². The van der Waals surface area contributed by atoms with E-state index < -0.39 is 15.9 Å². The van der Waals surface area contributed by atoms with Crippen LogP contribution in [0.3, 0.4) is 0 Å². The Kier molecular flexibility index (Phi) is 6.05. The van der Waals surface area contributed by atoms with Gasteiger partial charge in [-0.1, -0.05) is 29.3 Å². The molecule has 0 aromatic heterocycles. The fourth-order valence-corrected chi connectivity index (χ4v) is 4.54. The molecule has 4 N–H and O–H groups in total. The zero-order valence-electron chi connectivity index (χ0n) is 16.4. The van der Waals surface area contributed by atoms with Crippen LogP contribution in [-0.2, 0) is 10.0 Å². The number of anilines is 3. The highest BCUT2D eigenvalue weighted by molar-refractivity contribution is 7.92. The second-order valence-corrected chi connectivity index (χ2v) is 9.30. The fourth-order valence-electron chi connectivity index (χ4n) is 2.99. The Labute approximate surface area is 194 Å². The Morgan fingerprint density at radius 3 is 2.31 bits per heavy atom. The van der Waals surface area contributed by atoms with Crippen molar-refractivity contribution in [3.63, 3.8) is 0 Å². The van der Waals surface area contributed by atoms with Gasteiger partial charge in [-0.2, -0.15) is 0 Å². The predicted octanol–water partition coefficient (Wildman–Crippen LogP) is 4.40. The van der Waals surface area contributed by atoms with Crippen LogP contribution in [-0.4, -0.2) is 27.5 Å². The average molecular weight is 494 g/mol. The third-order valence-corrected chi connectivity index (χ3v) is 6.54. The minimum Gasteiger partial charge on any atom is -0.486 e. The number of carbonyl (C=O) groups excluding carboxylic acids is 1. The molecule has 32 heavy (non-hydrogen) atoms. The summed E-state index contributed by atoms with van der Waals surface area (Å²) in [6.07, 6.45) is 0. The molecule has 11 heteroatoms. The van der Waals surface area contributed by atoms with Crippen molar-refractivity contribution in [2.75, 3.05) is 29.0 Å². The molecule has 0 saturated carbocycles. The van der Waals surface area contributed by atoms with E-state index in [1.165, 1.54) is 48.5 Å². The zero-order chi connectivity index (χ0) is 22.9. The number of fused-ring (bicyclic) bond motifs is 1. The Balaban J connectivity index is 1.53. The number of hydrogen-bond donors (Lipinski definition) is 3. The number of hydrogen-bond acceptors (Lipinski definition) is 6. The molecule has 0 atom stereocenters. The van der Waals surface area contributed by atoms with Gasteiger partial charge in [0.2, 0.25) is 0 Å². The maximum atomic E-state index is 12.8. The number of nitrogen functional groups attached to an aromatic ring is 1. The molecular formula is C21H17Cl2N3O5S. The first-order valence-electron chi connectivity index (χ1n) is 9.31. The standard InChI is InChI=1S/C21H17Cl2N3O5S/c22-16-9-14(10-17(23)20(16)24)25-21(27)12-2-1-3-13(8-12)26-32(28,29)15-4-5-18-19(11-15)31-7-6-30-18/h1-5,8-11,26H,6-7,24H2,(H,25,27). The molecule has 8 nitrogen and oxygen atoms in total. The zero-order valence-corrected chi connectivity index (χ0v) is 18.7. The lowest BCUT2D eigenvalue weighted by Gasteiger charge is -2.19. The molecule has 1 heterocycles. The number of amides is 1. The van der Waals surface area contributed by atoms with E-state index in [0.717, 1.165) is 0 Å². The fraction of sp³-hybridized carbons (Fsp3) is 0.0952. The molecule has 1 amide bonds. The number of nitrogens with two attached hydrogens (primary N) is 1. The molecule has 0 spiro atoms. The molecule has 3 aromatic carbocycles. The number of halogens is 2. The van der Waals surface area contributed by atoms with E-state index in [0.29, 0.717) is 30.4 Å². The summed E-state index contributed by atoms with van der Waals surface area (Å²) in [5, 5.41) is 3.06. The predicted molar refractivity (Wildman–Crippen MR) is 124 cm³/mol. The van der Waals surface area contributed by atoms with Crippen LogP contribution in [0.1, 0.15) is 10.4 Å². The van der Waals surface area contributed by atoms with Crippen LogP contribution >= 0.6 is 23.2 Å². The Bertz CT molecular complexity index is 1290. The van der Waals surface area contributed by atoms with E-state index in [1.807, 2.05) is 0 Å². The molecule has 166 valence electrons. The highest BCUT2D eigenvalue weighted by Crippen LogP contribution is 2.33. The molecule has 1 aliphatic rings. The van der Waals surface area contributed by atoms with Crippen molar-refractivity contribution in [2.45, 2.75) is 4.90 Å². The van der Waals surface area contributed by atoms with Gasteiger partial charge in [-0.15, -0.1) is 0 Å². The summed E-state index contributed by atoms with van der Waals surface area (Å²) in [5.74, 6) is 0.354. The van der Waals surface area contributed by atoms with Gasteiger partial charge in [0.15, 0.2) is 11.5 Å². The summed E-state index contributed by atoms with van der Waals surface area (Å²) >= 11 is 12.0. The minimum atomic E-state index is -3.93. The van der Waals surface area contributed by atoms with Gasteiger partial charge in [-0.05, 0) is 42.5 Å². The monoisotopic (exact) mass is 493 g/mol. The first kappa shape index (κ1) is 22.1. The minimum absolute atomic E-state index is 0.00256. The first-order valence-corrected chi connectivity index (χ1v) is 11.6. The van der Waals surface area contributed by atoms with Crippen molar-refractivity contribution in [1.82, 2.24) is 0 Å². The molecule has 4 rings (SSSR count). The SMILES string of the molecule is Nc1c(Cl)cc(NC(=O)c2cccc(NS(=O)(=O)c3ccc4c(c3)OCCO4)c2)cc1Cl. The second-order valence-electron chi connectivity index (χ2n) is 6.80.